The van der Waals surface area contributed by atoms with E-state index in [9.17, 15) is 20.0 Å². The lowest BCUT2D eigenvalue weighted by Crippen LogP contribution is -2.30. The first-order valence-electron chi connectivity index (χ1n) is 11.1. The molecule has 0 aliphatic heterocycles. The van der Waals surface area contributed by atoms with Crippen molar-refractivity contribution in [2.45, 2.75) is 45.8 Å². The van der Waals surface area contributed by atoms with E-state index >= 15 is 0 Å². The molecule has 2 aromatic carbocycles. The SMILES string of the molecule is Cc1cc(C(C)(C)C)ccc1OCC(O)Cn1cnc2c(cnn2-c2ccccc2[N+](=O)[O-])c1=O. The number of ether oxygens (including phenoxy) is 1. The topological polar surface area (TPSA) is 125 Å². The number of hydrogen-bond acceptors (Lipinski definition) is 7. The second kappa shape index (κ2) is 9.30. The highest BCUT2D eigenvalue weighted by Gasteiger charge is 2.20. The minimum absolute atomic E-state index is 0.00431. The molecule has 1 unspecified atom stereocenters. The van der Waals surface area contributed by atoms with E-state index in [4.69, 9.17) is 4.74 Å². The van der Waals surface area contributed by atoms with Gasteiger partial charge < -0.3 is 9.84 Å². The number of aromatic nitrogens is 4. The lowest BCUT2D eigenvalue weighted by Gasteiger charge is -2.21. The van der Waals surface area contributed by atoms with Gasteiger partial charge in [0, 0.05) is 6.07 Å². The summed E-state index contributed by atoms with van der Waals surface area (Å²) in [5.41, 5.74) is 2.02. The number of fused-ring (bicyclic) bond motifs is 1. The predicted molar refractivity (Wildman–Crippen MR) is 131 cm³/mol. The Morgan fingerprint density at radius 3 is 2.63 bits per heavy atom. The Hall–Kier alpha value is -4.05. The molecule has 0 amide bonds. The van der Waals surface area contributed by atoms with Gasteiger partial charge in [-0.1, -0.05) is 45.0 Å². The quantitative estimate of drug-likeness (QED) is 0.319. The van der Waals surface area contributed by atoms with Gasteiger partial charge in [0.25, 0.3) is 11.2 Å². The first kappa shape index (κ1) is 24.1. The Bertz CT molecular complexity index is 1450. The van der Waals surface area contributed by atoms with E-state index in [0.717, 1.165) is 5.56 Å². The van der Waals surface area contributed by atoms with Crippen LogP contribution in [0.1, 0.15) is 31.9 Å². The zero-order valence-electron chi connectivity index (χ0n) is 20.0. The molecular formula is C25H27N5O5. The van der Waals surface area contributed by atoms with E-state index in [1.807, 2.05) is 19.1 Å². The summed E-state index contributed by atoms with van der Waals surface area (Å²) in [7, 11) is 0. The molecule has 0 aliphatic rings. The van der Waals surface area contributed by atoms with Crippen molar-refractivity contribution in [2.24, 2.45) is 0 Å². The van der Waals surface area contributed by atoms with Crippen LogP contribution in [0.25, 0.3) is 16.7 Å². The monoisotopic (exact) mass is 477 g/mol. The van der Waals surface area contributed by atoms with Gasteiger partial charge in [-0.3, -0.25) is 19.5 Å². The van der Waals surface area contributed by atoms with Crippen molar-refractivity contribution in [3.05, 3.63) is 86.6 Å². The maximum atomic E-state index is 13.0. The second-order valence-corrected chi connectivity index (χ2v) is 9.44. The van der Waals surface area contributed by atoms with E-state index < -0.39 is 16.6 Å². The van der Waals surface area contributed by atoms with Crippen LogP contribution >= 0.6 is 0 Å². The molecule has 2 aromatic heterocycles. The molecule has 4 rings (SSSR count). The molecule has 0 saturated carbocycles. The Balaban J connectivity index is 1.51. The summed E-state index contributed by atoms with van der Waals surface area (Å²) in [6.45, 7) is 8.33. The van der Waals surface area contributed by atoms with Crippen molar-refractivity contribution in [3.8, 4) is 11.4 Å². The smallest absolute Gasteiger partial charge is 0.294 e. The van der Waals surface area contributed by atoms with Crippen LogP contribution in [0.15, 0.2) is 59.8 Å². The van der Waals surface area contributed by atoms with E-state index in [1.54, 1.807) is 12.1 Å². The first-order valence-corrected chi connectivity index (χ1v) is 11.1. The van der Waals surface area contributed by atoms with Crippen LogP contribution < -0.4 is 10.3 Å². The zero-order chi connectivity index (χ0) is 25.3. The van der Waals surface area contributed by atoms with Gasteiger partial charge >= 0.3 is 0 Å². The molecule has 0 saturated heterocycles. The van der Waals surface area contributed by atoms with Crippen LogP contribution in [0.4, 0.5) is 5.69 Å². The molecule has 0 bridgehead atoms. The van der Waals surface area contributed by atoms with Crippen LogP contribution in [0.5, 0.6) is 5.75 Å². The van der Waals surface area contributed by atoms with Crippen LogP contribution in [-0.4, -0.2) is 42.1 Å². The highest BCUT2D eigenvalue weighted by Crippen LogP contribution is 2.28. The molecule has 1 atom stereocenters. The van der Waals surface area contributed by atoms with Crippen LogP contribution in [-0.2, 0) is 12.0 Å². The van der Waals surface area contributed by atoms with Gasteiger partial charge in [-0.2, -0.15) is 5.10 Å². The fraction of sp³-hybridized carbons (Fsp3) is 0.320. The van der Waals surface area contributed by atoms with Gasteiger partial charge in [0.05, 0.1) is 17.7 Å². The average Bonchev–Trinajstić information content (AvgIpc) is 3.24. The third kappa shape index (κ3) is 4.92. The maximum absolute atomic E-state index is 13.0. The predicted octanol–water partition coefficient (Wildman–Crippen LogP) is 3.54. The minimum atomic E-state index is -0.959. The summed E-state index contributed by atoms with van der Waals surface area (Å²) in [5.74, 6) is 0.670. The largest absolute Gasteiger partial charge is 0.491 e. The number of aryl methyl sites for hydroxylation is 1. The van der Waals surface area contributed by atoms with E-state index in [0.29, 0.717) is 5.75 Å². The number of benzene rings is 2. The van der Waals surface area contributed by atoms with Gasteiger partial charge in [-0.15, -0.1) is 0 Å². The molecule has 0 aliphatic carbocycles. The van der Waals surface area contributed by atoms with Crippen molar-refractivity contribution in [3.63, 3.8) is 0 Å². The molecule has 0 fully saturated rings. The third-order valence-corrected chi connectivity index (χ3v) is 5.74. The van der Waals surface area contributed by atoms with E-state index in [2.05, 4.69) is 36.9 Å². The Kier molecular flexibility index (Phi) is 6.40. The van der Waals surface area contributed by atoms with Crippen molar-refractivity contribution < 1.29 is 14.8 Å². The summed E-state index contributed by atoms with van der Waals surface area (Å²) in [6.07, 6.45) is 1.66. The fourth-order valence-electron chi connectivity index (χ4n) is 3.80. The Labute approximate surface area is 201 Å². The molecule has 0 radical (unpaired) electrons. The maximum Gasteiger partial charge on any atom is 0.294 e. The number of nitro benzene ring substituents is 1. The highest BCUT2D eigenvalue weighted by atomic mass is 16.6. The summed E-state index contributed by atoms with van der Waals surface area (Å²) in [4.78, 5) is 28.1. The number of aliphatic hydroxyl groups excluding tert-OH is 1. The van der Waals surface area contributed by atoms with Crippen molar-refractivity contribution in [2.75, 3.05) is 6.61 Å². The van der Waals surface area contributed by atoms with Crippen LogP contribution in [0.2, 0.25) is 0 Å². The molecule has 10 heteroatoms. The fourth-order valence-corrected chi connectivity index (χ4v) is 3.80. The lowest BCUT2D eigenvalue weighted by molar-refractivity contribution is -0.384. The molecule has 1 N–H and O–H groups in total. The number of rotatable bonds is 7. The number of para-hydroxylation sites is 2. The molecule has 35 heavy (non-hydrogen) atoms. The van der Waals surface area contributed by atoms with Gasteiger partial charge in [-0.05, 0) is 35.6 Å². The standard InChI is InChI=1S/C25H27N5O5/c1-16-11-17(25(2,3)4)9-10-22(16)35-14-18(31)13-28-15-26-23-19(24(28)32)12-27-29(23)20-7-5-6-8-21(20)30(33)34/h5-12,15,18,31H,13-14H2,1-4H3. The third-order valence-electron chi connectivity index (χ3n) is 5.74. The number of aliphatic hydroxyl groups is 1. The van der Waals surface area contributed by atoms with Crippen molar-refractivity contribution in [1.82, 2.24) is 19.3 Å². The average molecular weight is 478 g/mol. The normalized spacial score (nSPS) is 12.6. The Morgan fingerprint density at radius 1 is 1.20 bits per heavy atom. The van der Waals surface area contributed by atoms with Gasteiger partial charge in [0.2, 0.25) is 0 Å². The minimum Gasteiger partial charge on any atom is -0.491 e. The van der Waals surface area contributed by atoms with Crippen molar-refractivity contribution in [1.29, 1.82) is 0 Å². The highest BCUT2D eigenvalue weighted by molar-refractivity contribution is 5.76. The molecule has 4 aromatic rings. The molecule has 0 spiro atoms. The summed E-state index contributed by atoms with van der Waals surface area (Å²) in [5, 5.41) is 26.2. The van der Waals surface area contributed by atoms with E-state index in [-0.39, 0.29) is 41.0 Å². The molecular weight excluding hydrogens is 450 g/mol. The Morgan fingerprint density at radius 2 is 1.94 bits per heavy atom. The number of nitrogens with zero attached hydrogens (tertiary/aromatic N) is 5. The van der Waals surface area contributed by atoms with Gasteiger partial charge in [-0.25, -0.2) is 9.67 Å². The molecule has 10 nitrogen and oxygen atoms in total. The summed E-state index contributed by atoms with van der Waals surface area (Å²) < 4.78 is 8.34. The van der Waals surface area contributed by atoms with Gasteiger partial charge in [0.15, 0.2) is 5.65 Å². The number of hydrogen-bond donors (Lipinski definition) is 1. The lowest BCUT2D eigenvalue weighted by atomic mass is 9.86. The van der Waals surface area contributed by atoms with Crippen LogP contribution in [0, 0.1) is 17.0 Å². The number of nitro groups is 1. The van der Waals surface area contributed by atoms with Gasteiger partial charge in [0.1, 0.15) is 35.9 Å². The first-order chi connectivity index (χ1) is 16.6. The zero-order valence-corrected chi connectivity index (χ0v) is 20.0. The van der Waals surface area contributed by atoms with E-state index in [1.165, 1.54) is 39.5 Å². The summed E-state index contributed by atoms with van der Waals surface area (Å²) >= 11 is 0. The second-order valence-electron chi connectivity index (χ2n) is 9.44. The molecule has 2 heterocycles. The van der Waals surface area contributed by atoms with Crippen LogP contribution in [0.3, 0.4) is 0 Å². The summed E-state index contributed by atoms with van der Waals surface area (Å²) in [6, 6.07) is 12.1. The molecule has 182 valence electrons. The van der Waals surface area contributed by atoms with Crippen molar-refractivity contribution >= 4 is 16.7 Å².